The number of ether oxygens (including phenoxy) is 1. The largest absolute Gasteiger partial charge is 0.439 e. The zero-order valence-corrected chi connectivity index (χ0v) is 11.6. The molecule has 3 heteroatoms. The Balaban J connectivity index is 2.21. The van der Waals surface area contributed by atoms with Crippen molar-refractivity contribution in [3.63, 3.8) is 0 Å². The van der Waals surface area contributed by atoms with E-state index in [9.17, 15) is 0 Å². The molecule has 0 amide bonds. The molecule has 1 atom stereocenters. The van der Waals surface area contributed by atoms with Crippen molar-refractivity contribution in [3.05, 3.63) is 53.7 Å². The van der Waals surface area contributed by atoms with E-state index >= 15 is 0 Å². The summed E-state index contributed by atoms with van der Waals surface area (Å²) in [5, 5.41) is 0. The van der Waals surface area contributed by atoms with Crippen LogP contribution in [0.4, 0.5) is 0 Å². The second-order valence-electron chi connectivity index (χ2n) is 5.01. The van der Waals surface area contributed by atoms with Crippen molar-refractivity contribution in [1.29, 1.82) is 0 Å². The number of pyridine rings is 1. The van der Waals surface area contributed by atoms with Gasteiger partial charge in [-0.3, -0.25) is 0 Å². The van der Waals surface area contributed by atoms with Gasteiger partial charge in [0.25, 0.3) is 0 Å². The maximum atomic E-state index is 5.85. The van der Waals surface area contributed by atoms with Gasteiger partial charge in [0.05, 0.1) is 0 Å². The molecule has 19 heavy (non-hydrogen) atoms. The first kappa shape index (κ1) is 13.6. The monoisotopic (exact) mass is 256 g/mol. The molecule has 1 aromatic carbocycles. The molecular weight excluding hydrogens is 236 g/mol. The summed E-state index contributed by atoms with van der Waals surface area (Å²) in [4.78, 5) is 4.29. The van der Waals surface area contributed by atoms with Crippen LogP contribution >= 0.6 is 0 Å². The first-order chi connectivity index (χ1) is 9.08. The van der Waals surface area contributed by atoms with Crippen LogP contribution in [-0.2, 0) is 0 Å². The highest BCUT2D eigenvalue weighted by Gasteiger charge is 2.08. The van der Waals surface area contributed by atoms with Crippen molar-refractivity contribution in [2.45, 2.75) is 32.7 Å². The molecule has 2 aromatic rings. The minimum atomic E-state index is -0.00972. The van der Waals surface area contributed by atoms with Crippen LogP contribution in [0.3, 0.4) is 0 Å². The van der Waals surface area contributed by atoms with E-state index in [1.165, 1.54) is 5.56 Å². The number of hydrogen-bond acceptors (Lipinski definition) is 3. The molecule has 100 valence electrons. The van der Waals surface area contributed by atoms with E-state index in [2.05, 4.69) is 24.9 Å². The molecule has 0 fully saturated rings. The van der Waals surface area contributed by atoms with E-state index in [1.54, 1.807) is 6.20 Å². The Morgan fingerprint density at radius 1 is 1.05 bits per heavy atom. The van der Waals surface area contributed by atoms with E-state index in [1.807, 2.05) is 37.3 Å². The lowest BCUT2D eigenvalue weighted by molar-refractivity contribution is 0.454. The molecule has 2 N–H and O–H groups in total. The normalized spacial score (nSPS) is 12.5. The lowest BCUT2D eigenvalue weighted by Gasteiger charge is -2.13. The molecule has 0 saturated heterocycles. The van der Waals surface area contributed by atoms with Gasteiger partial charge in [-0.2, -0.15) is 0 Å². The van der Waals surface area contributed by atoms with E-state index < -0.39 is 0 Å². The number of aromatic nitrogens is 1. The maximum absolute atomic E-state index is 5.85. The van der Waals surface area contributed by atoms with Crippen LogP contribution in [0.5, 0.6) is 11.6 Å². The first-order valence-electron chi connectivity index (χ1n) is 6.56. The first-order valence-corrected chi connectivity index (χ1v) is 6.56. The van der Waals surface area contributed by atoms with Crippen molar-refractivity contribution in [1.82, 2.24) is 4.98 Å². The molecular formula is C16H20N2O. The third-order valence-corrected chi connectivity index (χ3v) is 3.04. The van der Waals surface area contributed by atoms with Gasteiger partial charge in [-0.15, -0.1) is 0 Å². The summed E-state index contributed by atoms with van der Waals surface area (Å²) < 4.78 is 5.85. The van der Waals surface area contributed by atoms with Crippen LogP contribution in [0.2, 0.25) is 0 Å². The number of rotatable bonds is 4. The van der Waals surface area contributed by atoms with Gasteiger partial charge in [-0.1, -0.05) is 38.1 Å². The number of para-hydroxylation sites is 1. The highest BCUT2D eigenvalue weighted by molar-refractivity contribution is 5.38. The third-order valence-electron chi connectivity index (χ3n) is 3.04. The number of nitrogens with zero attached hydrogens (tertiary/aromatic N) is 1. The lowest BCUT2D eigenvalue weighted by Crippen LogP contribution is -2.05. The Morgan fingerprint density at radius 2 is 1.79 bits per heavy atom. The van der Waals surface area contributed by atoms with Crippen molar-refractivity contribution in [2.24, 2.45) is 5.73 Å². The lowest BCUT2D eigenvalue weighted by atomic mass is 10.0. The summed E-state index contributed by atoms with van der Waals surface area (Å²) in [7, 11) is 0. The minimum absolute atomic E-state index is 0.00972. The fraction of sp³-hybridized carbons (Fsp3) is 0.312. The van der Waals surface area contributed by atoms with E-state index in [0.717, 1.165) is 11.3 Å². The molecule has 0 spiro atoms. The molecule has 0 radical (unpaired) electrons. The summed E-state index contributed by atoms with van der Waals surface area (Å²) in [6.07, 6.45) is 1.76. The van der Waals surface area contributed by atoms with Crippen molar-refractivity contribution in [3.8, 4) is 11.6 Å². The van der Waals surface area contributed by atoms with Crippen molar-refractivity contribution >= 4 is 0 Å². The minimum Gasteiger partial charge on any atom is -0.439 e. The molecule has 1 aromatic heterocycles. The summed E-state index contributed by atoms with van der Waals surface area (Å²) in [5.74, 6) is 1.87. The van der Waals surface area contributed by atoms with Gasteiger partial charge in [-0.05, 0) is 30.0 Å². The van der Waals surface area contributed by atoms with Crippen LogP contribution < -0.4 is 10.5 Å². The Hall–Kier alpha value is -1.87. The summed E-state index contributed by atoms with van der Waals surface area (Å²) in [6.45, 7) is 6.23. The van der Waals surface area contributed by atoms with Gasteiger partial charge in [0.15, 0.2) is 0 Å². The average Bonchev–Trinajstić information content (AvgIpc) is 2.39. The Morgan fingerprint density at radius 3 is 2.37 bits per heavy atom. The standard InChI is InChI=1S/C16H20N2O/c1-11(2)14-6-4-5-7-15(14)19-16-9-8-13(10-18-16)12(3)17/h4-12H,17H2,1-3H3/t12-/m1/s1. The predicted molar refractivity (Wildman–Crippen MR) is 77.4 cm³/mol. The SMILES string of the molecule is CC(C)c1ccccc1Oc1ccc([C@@H](C)N)cn1. The molecule has 0 saturated carbocycles. The molecule has 3 nitrogen and oxygen atoms in total. The van der Waals surface area contributed by atoms with E-state index in [0.29, 0.717) is 11.8 Å². The van der Waals surface area contributed by atoms with Gasteiger partial charge in [-0.25, -0.2) is 4.98 Å². The van der Waals surface area contributed by atoms with Crippen LogP contribution in [0.1, 0.15) is 43.9 Å². The van der Waals surface area contributed by atoms with Gasteiger partial charge in [0.1, 0.15) is 5.75 Å². The van der Waals surface area contributed by atoms with Crippen molar-refractivity contribution < 1.29 is 4.74 Å². The molecule has 2 rings (SSSR count). The Kier molecular flexibility index (Phi) is 4.17. The fourth-order valence-corrected chi connectivity index (χ4v) is 1.88. The topological polar surface area (TPSA) is 48.1 Å². The van der Waals surface area contributed by atoms with Gasteiger partial charge >= 0.3 is 0 Å². The molecule has 0 aliphatic carbocycles. The van der Waals surface area contributed by atoms with E-state index in [4.69, 9.17) is 10.5 Å². The van der Waals surface area contributed by atoms with Gasteiger partial charge in [0, 0.05) is 18.3 Å². The predicted octanol–water partition coefficient (Wildman–Crippen LogP) is 4.02. The summed E-state index contributed by atoms with van der Waals surface area (Å²) in [5.41, 5.74) is 7.98. The molecule has 0 aliphatic heterocycles. The zero-order chi connectivity index (χ0) is 13.8. The Labute approximate surface area is 114 Å². The van der Waals surface area contributed by atoms with Crippen molar-refractivity contribution in [2.75, 3.05) is 0 Å². The van der Waals surface area contributed by atoms with Crippen LogP contribution in [-0.4, -0.2) is 4.98 Å². The second-order valence-corrected chi connectivity index (χ2v) is 5.01. The molecule has 1 heterocycles. The smallest absolute Gasteiger partial charge is 0.219 e. The number of hydrogen-bond donors (Lipinski definition) is 1. The number of nitrogens with two attached hydrogens (primary N) is 1. The van der Waals surface area contributed by atoms with Gasteiger partial charge < -0.3 is 10.5 Å². The highest BCUT2D eigenvalue weighted by Crippen LogP contribution is 2.29. The molecule has 0 bridgehead atoms. The zero-order valence-electron chi connectivity index (χ0n) is 11.6. The van der Waals surface area contributed by atoms with Gasteiger partial charge in [0.2, 0.25) is 5.88 Å². The average molecular weight is 256 g/mol. The fourth-order valence-electron chi connectivity index (χ4n) is 1.88. The summed E-state index contributed by atoms with van der Waals surface area (Å²) in [6, 6.07) is 11.8. The second kappa shape index (κ2) is 5.85. The molecule has 0 unspecified atom stereocenters. The maximum Gasteiger partial charge on any atom is 0.219 e. The number of benzene rings is 1. The highest BCUT2D eigenvalue weighted by atomic mass is 16.5. The van der Waals surface area contributed by atoms with Crippen LogP contribution in [0.15, 0.2) is 42.6 Å². The third kappa shape index (κ3) is 3.32. The summed E-state index contributed by atoms with van der Waals surface area (Å²) >= 11 is 0. The van der Waals surface area contributed by atoms with Crippen LogP contribution in [0.25, 0.3) is 0 Å². The Bertz CT molecular complexity index is 533. The van der Waals surface area contributed by atoms with Crippen LogP contribution in [0, 0.1) is 0 Å². The quantitative estimate of drug-likeness (QED) is 0.898. The molecule has 0 aliphatic rings. The van der Waals surface area contributed by atoms with E-state index in [-0.39, 0.29) is 6.04 Å².